The van der Waals surface area contributed by atoms with E-state index in [1.54, 1.807) is 25.0 Å². The second-order valence-electron chi connectivity index (χ2n) is 6.93. The summed E-state index contributed by atoms with van der Waals surface area (Å²) in [5.41, 5.74) is 1.51. The molecule has 1 spiro atoms. The Morgan fingerprint density at radius 2 is 2.16 bits per heavy atom. The number of aromatic nitrogens is 1. The average Bonchev–Trinajstić information content (AvgIpc) is 3.35. The van der Waals surface area contributed by atoms with Crippen molar-refractivity contribution in [3.05, 3.63) is 53.4 Å². The number of carbonyl (C=O) groups excluding carboxylic acids is 1. The fourth-order valence-corrected chi connectivity index (χ4v) is 4.00. The zero-order chi connectivity index (χ0) is 17.4. The lowest BCUT2D eigenvalue weighted by molar-refractivity contribution is -0.0755. The van der Waals surface area contributed by atoms with Crippen molar-refractivity contribution in [3.8, 4) is 0 Å². The first-order valence-corrected chi connectivity index (χ1v) is 8.55. The van der Waals surface area contributed by atoms with Crippen molar-refractivity contribution in [1.29, 1.82) is 0 Å². The lowest BCUT2D eigenvalue weighted by atomic mass is 9.87. The molecule has 6 heteroatoms. The van der Waals surface area contributed by atoms with Crippen LogP contribution >= 0.6 is 0 Å². The minimum Gasteiger partial charge on any atom is -0.377 e. The number of ether oxygens (including phenoxy) is 2. The van der Waals surface area contributed by atoms with Crippen LogP contribution < -0.4 is 0 Å². The lowest BCUT2D eigenvalue weighted by Crippen LogP contribution is -2.42. The van der Waals surface area contributed by atoms with Crippen molar-refractivity contribution in [1.82, 2.24) is 10.1 Å². The van der Waals surface area contributed by atoms with Crippen LogP contribution in [0, 0.1) is 6.92 Å². The zero-order valence-corrected chi connectivity index (χ0v) is 14.5. The maximum absolute atomic E-state index is 12.7. The van der Waals surface area contributed by atoms with Gasteiger partial charge in [0.2, 0.25) is 5.76 Å². The van der Waals surface area contributed by atoms with Crippen molar-refractivity contribution in [3.63, 3.8) is 0 Å². The summed E-state index contributed by atoms with van der Waals surface area (Å²) in [5.74, 6) is 0.426. The third-order valence-electron chi connectivity index (χ3n) is 5.28. The molecule has 2 fully saturated rings. The molecule has 0 aliphatic carbocycles. The lowest BCUT2D eigenvalue weighted by Gasteiger charge is -2.28. The van der Waals surface area contributed by atoms with E-state index < -0.39 is 5.60 Å². The van der Waals surface area contributed by atoms with Gasteiger partial charge in [-0.3, -0.25) is 4.79 Å². The number of hydrogen-bond donors (Lipinski definition) is 0. The van der Waals surface area contributed by atoms with Crippen LogP contribution in [-0.4, -0.2) is 54.5 Å². The third-order valence-corrected chi connectivity index (χ3v) is 5.28. The number of benzene rings is 1. The Kier molecular flexibility index (Phi) is 4.09. The Balaban J connectivity index is 1.53. The van der Waals surface area contributed by atoms with Gasteiger partial charge in [0.15, 0.2) is 0 Å². The number of carbonyl (C=O) groups is 1. The number of methoxy groups -OCH3 is 1. The molecule has 2 aromatic rings. The van der Waals surface area contributed by atoms with Gasteiger partial charge in [0.1, 0.15) is 11.7 Å². The van der Waals surface area contributed by atoms with Crippen LogP contribution in [0.3, 0.4) is 0 Å². The monoisotopic (exact) mass is 342 g/mol. The largest absolute Gasteiger partial charge is 0.377 e. The number of rotatable bonds is 3. The molecule has 2 aliphatic heterocycles. The summed E-state index contributed by atoms with van der Waals surface area (Å²) in [6, 6.07) is 12.0. The normalized spacial score (nSPS) is 28.8. The number of aryl methyl sites for hydroxylation is 1. The van der Waals surface area contributed by atoms with Crippen LogP contribution in [0.4, 0.5) is 0 Å². The van der Waals surface area contributed by atoms with Gasteiger partial charge < -0.3 is 18.9 Å². The van der Waals surface area contributed by atoms with E-state index in [-0.39, 0.29) is 17.8 Å². The summed E-state index contributed by atoms with van der Waals surface area (Å²) in [6.45, 7) is 3.45. The highest BCUT2D eigenvalue weighted by Crippen LogP contribution is 2.43. The van der Waals surface area contributed by atoms with Crippen LogP contribution in [0.25, 0.3) is 0 Å². The van der Waals surface area contributed by atoms with E-state index in [1.807, 2.05) is 18.2 Å². The molecule has 0 N–H and O–H groups in total. The quantitative estimate of drug-likeness (QED) is 0.857. The van der Waals surface area contributed by atoms with Crippen LogP contribution in [0.2, 0.25) is 0 Å². The summed E-state index contributed by atoms with van der Waals surface area (Å²) in [6.07, 6.45) is 0.698. The van der Waals surface area contributed by atoms with Crippen molar-refractivity contribution < 1.29 is 18.8 Å². The minimum atomic E-state index is -0.458. The number of hydrogen-bond acceptors (Lipinski definition) is 5. The number of amides is 1. The standard InChI is InChI=1S/C19H22N2O4/c1-13-8-16(25-20-13)18(22)21-10-17(23-2)19(12-21)9-15(11-24-19)14-6-4-3-5-7-14/h3-8,15,17H,9-12H2,1-2H3/t15-,17-,19-/m1/s1. The first kappa shape index (κ1) is 16.3. The van der Waals surface area contributed by atoms with E-state index in [9.17, 15) is 4.79 Å². The molecule has 0 radical (unpaired) electrons. The smallest absolute Gasteiger partial charge is 0.292 e. The average molecular weight is 342 g/mol. The summed E-state index contributed by atoms with van der Waals surface area (Å²) in [7, 11) is 1.68. The van der Waals surface area contributed by atoms with Gasteiger partial charge >= 0.3 is 0 Å². The predicted octanol–water partition coefficient (Wildman–Crippen LogP) is 2.40. The first-order chi connectivity index (χ1) is 12.1. The van der Waals surface area contributed by atoms with Crippen LogP contribution in [-0.2, 0) is 9.47 Å². The van der Waals surface area contributed by atoms with Crippen molar-refractivity contribution >= 4 is 5.91 Å². The maximum Gasteiger partial charge on any atom is 0.292 e. The van der Waals surface area contributed by atoms with Gasteiger partial charge in [0.25, 0.3) is 5.91 Å². The van der Waals surface area contributed by atoms with Crippen LogP contribution in [0.15, 0.2) is 40.9 Å². The molecule has 1 aromatic carbocycles. The molecule has 4 rings (SSSR count). The molecule has 132 valence electrons. The fourth-order valence-electron chi connectivity index (χ4n) is 4.00. The molecule has 25 heavy (non-hydrogen) atoms. The highest BCUT2D eigenvalue weighted by molar-refractivity contribution is 5.91. The summed E-state index contributed by atoms with van der Waals surface area (Å²) >= 11 is 0. The van der Waals surface area contributed by atoms with Gasteiger partial charge in [-0.25, -0.2) is 0 Å². The highest BCUT2D eigenvalue weighted by Gasteiger charge is 2.54. The van der Waals surface area contributed by atoms with E-state index in [0.717, 1.165) is 6.42 Å². The van der Waals surface area contributed by atoms with E-state index in [2.05, 4.69) is 17.3 Å². The predicted molar refractivity (Wildman–Crippen MR) is 90.4 cm³/mol. The maximum atomic E-state index is 12.7. The van der Waals surface area contributed by atoms with E-state index >= 15 is 0 Å². The second-order valence-corrected chi connectivity index (χ2v) is 6.93. The fraction of sp³-hybridized carbons (Fsp3) is 0.474. The molecule has 1 aromatic heterocycles. The van der Waals surface area contributed by atoms with Crippen molar-refractivity contribution in [2.75, 3.05) is 26.8 Å². The number of nitrogens with zero attached hydrogens (tertiary/aromatic N) is 2. The summed E-state index contributed by atoms with van der Waals surface area (Å²) in [5, 5.41) is 3.80. The van der Waals surface area contributed by atoms with Gasteiger partial charge in [0.05, 0.1) is 25.4 Å². The first-order valence-electron chi connectivity index (χ1n) is 8.55. The third kappa shape index (κ3) is 2.85. The van der Waals surface area contributed by atoms with Gasteiger partial charge in [0, 0.05) is 19.1 Å². The minimum absolute atomic E-state index is 0.144. The van der Waals surface area contributed by atoms with Crippen LogP contribution in [0.1, 0.15) is 34.2 Å². The molecular formula is C19H22N2O4. The van der Waals surface area contributed by atoms with Crippen molar-refractivity contribution in [2.24, 2.45) is 0 Å². The molecule has 1 amide bonds. The Bertz CT molecular complexity index is 760. The molecule has 2 aliphatic rings. The van der Waals surface area contributed by atoms with E-state index in [4.69, 9.17) is 14.0 Å². The highest BCUT2D eigenvalue weighted by atomic mass is 16.6. The Morgan fingerprint density at radius 1 is 1.36 bits per heavy atom. The second kappa shape index (κ2) is 6.28. The van der Waals surface area contributed by atoms with Gasteiger partial charge in [-0.05, 0) is 18.9 Å². The molecular weight excluding hydrogens is 320 g/mol. The van der Waals surface area contributed by atoms with Crippen LogP contribution in [0.5, 0.6) is 0 Å². The molecule has 3 atom stereocenters. The van der Waals surface area contributed by atoms with Crippen molar-refractivity contribution in [2.45, 2.75) is 31.0 Å². The molecule has 3 heterocycles. The van der Waals surface area contributed by atoms with Gasteiger partial charge in [-0.1, -0.05) is 35.5 Å². The Labute approximate surface area is 146 Å². The molecule has 6 nitrogen and oxygen atoms in total. The van der Waals surface area contributed by atoms with E-state index in [0.29, 0.717) is 31.3 Å². The molecule has 2 saturated heterocycles. The molecule has 0 unspecified atom stereocenters. The molecule has 0 bridgehead atoms. The SMILES string of the molecule is CO[C@@H]1CN(C(=O)c2cc(C)no2)C[C@]12C[C@@H](c1ccccc1)CO2. The Hall–Kier alpha value is -2.18. The molecule has 0 saturated carbocycles. The van der Waals surface area contributed by atoms with E-state index in [1.165, 1.54) is 5.56 Å². The summed E-state index contributed by atoms with van der Waals surface area (Å²) < 4.78 is 17.0. The van der Waals surface area contributed by atoms with Gasteiger partial charge in [-0.2, -0.15) is 0 Å². The summed E-state index contributed by atoms with van der Waals surface area (Å²) in [4.78, 5) is 14.4. The zero-order valence-electron chi connectivity index (χ0n) is 14.5. The topological polar surface area (TPSA) is 64.8 Å². The Morgan fingerprint density at radius 3 is 2.84 bits per heavy atom. The van der Waals surface area contributed by atoms with Gasteiger partial charge in [-0.15, -0.1) is 0 Å². The number of likely N-dealkylation sites (tertiary alicyclic amines) is 1.